The fourth-order valence-electron chi connectivity index (χ4n) is 5.29. The van der Waals surface area contributed by atoms with E-state index in [1.807, 2.05) is 0 Å². The number of aliphatic hydroxyl groups is 1. The second-order valence-electron chi connectivity index (χ2n) is 9.47. The lowest BCUT2D eigenvalue weighted by Gasteiger charge is -2.33. The summed E-state index contributed by atoms with van der Waals surface area (Å²) in [5.74, 6) is -0.561. The minimum Gasteiger partial charge on any atom is -0.378 e. The van der Waals surface area contributed by atoms with E-state index in [4.69, 9.17) is 11.6 Å². The second-order valence-corrected chi connectivity index (χ2v) is 9.88. The summed E-state index contributed by atoms with van der Waals surface area (Å²) in [4.78, 5) is 26.2. The number of tetrazole rings is 1. The molecule has 10 nitrogen and oxygen atoms in total. The van der Waals surface area contributed by atoms with E-state index in [1.165, 1.54) is 41.6 Å². The molecular weight excluding hydrogens is 556 g/mol. The van der Waals surface area contributed by atoms with Gasteiger partial charge in [0.2, 0.25) is 5.91 Å². The SMILES string of the molecule is O=C1C=C(c2c(-n3cnnn3)ccc(Cl)c2F)C[C@H]2CC[C@@H](c3ncc(-c4ccnc([C@H](O)C(F)(F)F)c4)[nH]3)N12. The molecule has 1 fully saturated rings. The third-order valence-electron chi connectivity index (χ3n) is 7.09. The summed E-state index contributed by atoms with van der Waals surface area (Å²) in [7, 11) is 0. The first-order valence-corrected chi connectivity index (χ1v) is 12.5. The van der Waals surface area contributed by atoms with Gasteiger partial charge in [-0.3, -0.25) is 9.78 Å². The maximum Gasteiger partial charge on any atom is 0.420 e. The summed E-state index contributed by atoms with van der Waals surface area (Å²) >= 11 is 6.08. The fraction of sp³-hybridized carbons (Fsp3) is 0.280. The summed E-state index contributed by atoms with van der Waals surface area (Å²) in [6.07, 6.45) is -0.726. The molecule has 1 aromatic carbocycles. The smallest absolute Gasteiger partial charge is 0.378 e. The van der Waals surface area contributed by atoms with Crippen LogP contribution in [0.15, 0.2) is 49.1 Å². The van der Waals surface area contributed by atoms with Crippen LogP contribution in [0.3, 0.4) is 0 Å². The van der Waals surface area contributed by atoms with E-state index in [0.29, 0.717) is 47.6 Å². The van der Waals surface area contributed by atoms with Gasteiger partial charge in [0.25, 0.3) is 0 Å². The van der Waals surface area contributed by atoms with Gasteiger partial charge in [-0.25, -0.2) is 9.37 Å². The molecule has 4 aromatic rings. The van der Waals surface area contributed by atoms with Crippen molar-refractivity contribution in [1.82, 2.24) is 40.1 Å². The lowest BCUT2D eigenvalue weighted by molar-refractivity contribution is -0.207. The predicted octanol–water partition coefficient (Wildman–Crippen LogP) is 4.36. The van der Waals surface area contributed by atoms with Crippen molar-refractivity contribution < 1.29 is 27.5 Å². The normalized spacial score (nSPS) is 20.0. The van der Waals surface area contributed by atoms with Crippen molar-refractivity contribution in [1.29, 1.82) is 0 Å². The largest absolute Gasteiger partial charge is 0.420 e. The van der Waals surface area contributed by atoms with Crippen LogP contribution in [-0.4, -0.2) is 63.3 Å². The summed E-state index contributed by atoms with van der Waals surface area (Å²) in [5, 5.41) is 20.5. The quantitative estimate of drug-likeness (QED) is 0.339. The van der Waals surface area contributed by atoms with E-state index in [9.17, 15) is 23.1 Å². The number of amides is 1. The van der Waals surface area contributed by atoms with Gasteiger partial charge in [0.1, 0.15) is 12.2 Å². The van der Waals surface area contributed by atoms with Crippen molar-refractivity contribution in [3.05, 3.63) is 77.0 Å². The fourth-order valence-corrected chi connectivity index (χ4v) is 5.45. The van der Waals surface area contributed by atoms with Crippen molar-refractivity contribution in [2.75, 3.05) is 0 Å². The topological polar surface area (TPSA) is 126 Å². The molecule has 0 spiro atoms. The Hall–Kier alpha value is -4.17. The number of benzene rings is 1. The minimum absolute atomic E-state index is 0.1000. The van der Waals surface area contributed by atoms with Crippen LogP contribution < -0.4 is 0 Å². The third kappa shape index (κ3) is 4.52. The Bertz CT molecular complexity index is 1620. The Morgan fingerprint density at radius 3 is 2.75 bits per heavy atom. The molecule has 1 amide bonds. The lowest BCUT2D eigenvalue weighted by Crippen LogP contribution is -2.39. The molecule has 0 unspecified atom stereocenters. The molecule has 1 saturated heterocycles. The zero-order chi connectivity index (χ0) is 28.2. The maximum atomic E-state index is 15.3. The molecule has 0 radical (unpaired) electrons. The number of aliphatic hydroxyl groups excluding tert-OH is 1. The van der Waals surface area contributed by atoms with Gasteiger partial charge in [0.05, 0.1) is 34.3 Å². The molecule has 206 valence electrons. The van der Waals surface area contributed by atoms with E-state index in [2.05, 4.69) is 30.5 Å². The number of fused-ring (bicyclic) bond motifs is 1. The van der Waals surface area contributed by atoms with Gasteiger partial charge in [0, 0.05) is 29.4 Å². The van der Waals surface area contributed by atoms with Crippen LogP contribution in [0.1, 0.15) is 48.5 Å². The first-order chi connectivity index (χ1) is 19.1. The highest BCUT2D eigenvalue weighted by atomic mass is 35.5. The monoisotopic (exact) mass is 574 g/mol. The maximum absolute atomic E-state index is 15.3. The number of H-pyrrole nitrogens is 1. The average molecular weight is 575 g/mol. The highest BCUT2D eigenvalue weighted by Gasteiger charge is 2.43. The standard InChI is InChI=1S/C25H19ClF4N8O2/c26-15-2-4-18(37-11-33-35-36-37)21(22(15)27)13-7-14-1-3-19(38(14)20(39)9-13)24-32-10-17(34-24)12-5-6-31-16(8-12)23(40)25(28,29)30/h2,4-6,8-11,14,19,23,40H,1,3,7H2,(H,32,34)/t14-,19+,23+/m1/s1. The average Bonchev–Trinajstić information content (AvgIpc) is 3.70. The molecule has 15 heteroatoms. The minimum atomic E-state index is -4.86. The highest BCUT2D eigenvalue weighted by Crippen LogP contribution is 2.44. The first kappa shape index (κ1) is 26.1. The van der Waals surface area contributed by atoms with E-state index < -0.39 is 29.8 Å². The molecule has 2 aliphatic heterocycles. The van der Waals surface area contributed by atoms with Gasteiger partial charge in [0.15, 0.2) is 11.9 Å². The number of rotatable bonds is 5. The number of nitrogens with one attached hydrogen (secondary N) is 1. The second kappa shape index (κ2) is 9.78. The Balaban J connectivity index is 1.29. The van der Waals surface area contributed by atoms with Crippen LogP contribution in [0.4, 0.5) is 17.6 Å². The summed E-state index contributed by atoms with van der Waals surface area (Å²) in [5.41, 5.74) is 1.16. The molecule has 0 saturated carbocycles. The van der Waals surface area contributed by atoms with Gasteiger partial charge in [-0.1, -0.05) is 11.6 Å². The van der Waals surface area contributed by atoms with Crippen LogP contribution in [-0.2, 0) is 4.79 Å². The van der Waals surface area contributed by atoms with Crippen LogP contribution in [0.2, 0.25) is 5.02 Å². The number of halogens is 5. The summed E-state index contributed by atoms with van der Waals surface area (Å²) < 4.78 is 55.4. The number of imidazole rings is 1. The van der Waals surface area contributed by atoms with E-state index >= 15 is 4.39 Å². The third-order valence-corrected chi connectivity index (χ3v) is 7.39. The van der Waals surface area contributed by atoms with Gasteiger partial charge < -0.3 is 15.0 Å². The number of carbonyl (C=O) groups excluding carboxylic acids is 1. The van der Waals surface area contributed by atoms with Crippen LogP contribution in [0.5, 0.6) is 0 Å². The molecule has 0 bridgehead atoms. The zero-order valence-corrected chi connectivity index (χ0v) is 21.1. The predicted molar refractivity (Wildman–Crippen MR) is 132 cm³/mol. The molecule has 6 rings (SSSR count). The Labute approximate surface area is 228 Å². The molecule has 3 atom stereocenters. The molecule has 3 aromatic heterocycles. The highest BCUT2D eigenvalue weighted by molar-refractivity contribution is 6.31. The van der Waals surface area contributed by atoms with Gasteiger partial charge in [-0.15, -0.1) is 5.10 Å². The number of carbonyl (C=O) groups is 1. The Morgan fingerprint density at radius 2 is 2.00 bits per heavy atom. The number of aromatic nitrogens is 7. The van der Waals surface area contributed by atoms with Crippen LogP contribution >= 0.6 is 11.6 Å². The van der Waals surface area contributed by atoms with Crippen molar-refractivity contribution in [3.63, 3.8) is 0 Å². The van der Waals surface area contributed by atoms with E-state index in [0.717, 1.165) is 6.07 Å². The van der Waals surface area contributed by atoms with E-state index in [-0.39, 0.29) is 22.5 Å². The number of nitrogens with zero attached hydrogens (tertiary/aromatic N) is 7. The van der Waals surface area contributed by atoms with Crippen molar-refractivity contribution in [2.24, 2.45) is 0 Å². The van der Waals surface area contributed by atoms with Crippen molar-refractivity contribution in [3.8, 4) is 16.9 Å². The number of alkyl halides is 3. The molecule has 2 N–H and O–H groups in total. The van der Waals surface area contributed by atoms with Crippen LogP contribution in [0, 0.1) is 5.82 Å². The summed E-state index contributed by atoms with van der Waals surface area (Å²) in [6, 6.07) is 4.93. The van der Waals surface area contributed by atoms with E-state index in [1.54, 1.807) is 11.0 Å². The molecule has 2 aliphatic rings. The lowest BCUT2D eigenvalue weighted by atomic mass is 9.92. The molecular formula is C25H19ClF4N8O2. The number of hydrogen-bond acceptors (Lipinski definition) is 7. The first-order valence-electron chi connectivity index (χ1n) is 12.1. The number of hydrogen-bond donors (Lipinski definition) is 2. The summed E-state index contributed by atoms with van der Waals surface area (Å²) in [6.45, 7) is 0. The Morgan fingerprint density at radius 1 is 1.18 bits per heavy atom. The zero-order valence-electron chi connectivity index (χ0n) is 20.3. The molecule has 40 heavy (non-hydrogen) atoms. The van der Waals surface area contributed by atoms with Crippen molar-refractivity contribution >= 4 is 23.1 Å². The van der Waals surface area contributed by atoms with Gasteiger partial charge in [-0.2, -0.15) is 17.9 Å². The molecule has 5 heterocycles. The van der Waals surface area contributed by atoms with Crippen molar-refractivity contribution in [2.45, 2.75) is 43.6 Å². The van der Waals surface area contributed by atoms with Crippen LogP contribution in [0.25, 0.3) is 22.5 Å². The molecule has 0 aliphatic carbocycles. The number of aromatic amines is 1. The number of pyridine rings is 1. The Kier molecular flexibility index (Phi) is 6.38. The van der Waals surface area contributed by atoms with Gasteiger partial charge in [-0.05, 0) is 59.5 Å². The van der Waals surface area contributed by atoms with Gasteiger partial charge >= 0.3 is 6.18 Å².